The highest BCUT2D eigenvalue weighted by Gasteiger charge is 2.21. The molecule has 0 saturated heterocycles. The Morgan fingerprint density at radius 1 is 1.45 bits per heavy atom. The van der Waals surface area contributed by atoms with Crippen LogP contribution in [0.4, 0.5) is 10.1 Å². The molecule has 5 nitrogen and oxygen atoms in total. The Balaban J connectivity index is 0. The molecule has 1 aromatic carbocycles. The average molecular weight is 414 g/mol. The molecule has 8 heteroatoms. The van der Waals surface area contributed by atoms with E-state index in [1.54, 1.807) is 13.0 Å². The van der Waals surface area contributed by atoms with Crippen molar-refractivity contribution in [1.29, 1.82) is 5.26 Å². The second-order valence-electron chi connectivity index (χ2n) is 2.89. The summed E-state index contributed by atoms with van der Waals surface area (Å²) in [5, 5.41) is 26.5. The van der Waals surface area contributed by atoms with Crippen LogP contribution in [-0.4, -0.2) is 16.6 Å². The van der Waals surface area contributed by atoms with Gasteiger partial charge in [-0.1, -0.05) is 13.8 Å². The summed E-state index contributed by atoms with van der Waals surface area (Å²) in [5.41, 5.74) is -0.268. The quantitative estimate of drug-likeness (QED) is 0.443. The van der Waals surface area contributed by atoms with E-state index < -0.39 is 10.7 Å². The minimum absolute atomic E-state index is 0.106. The smallest absolute Gasteiger partial charge is 0.287 e. The van der Waals surface area contributed by atoms with Crippen LogP contribution in [0.1, 0.15) is 26.3 Å². The number of nitrogens with zero attached hydrogens (tertiary/aromatic N) is 2. The van der Waals surface area contributed by atoms with Gasteiger partial charge in [0.2, 0.25) is 0 Å². The molecule has 112 valence electrons. The van der Waals surface area contributed by atoms with Crippen LogP contribution < -0.4 is 0 Å². The van der Waals surface area contributed by atoms with Crippen LogP contribution in [0.3, 0.4) is 0 Å². The maximum absolute atomic E-state index is 13.3. The third-order valence-electron chi connectivity index (χ3n) is 1.69. The van der Waals surface area contributed by atoms with Crippen LogP contribution in [0, 0.1) is 27.3 Å². The lowest BCUT2D eigenvalue weighted by Gasteiger charge is -2.04. The van der Waals surface area contributed by atoms with Crippen LogP contribution >= 0.6 is 31.9 Å². The van der Waals surface area contributed by atoms with E-state index in [0.29, 0.717) is 0 Å². The number of hydrogen-bond donors (Lipinski definition) is 1. The molecule has 0 spiro atoms. The maximum Gasteiger partial charge on any atom is 0.287 e. The van der Waals surface area contributed by atoms with Gasteiger partial charge in [0.25, 0.3) is 5.69 Å². The third kappa shape index (κ3) is 6.41. The normalized spacial score (nSPS) is 8.50. The highest BCUT2D eigenvalue weighted by atomic mass is 79.9. The molecule has 20 heavy (non-hydrogen) atoms. The fraction of sp³-hybridized carbons (Fsp3) is 0.417. The number of nitro groups is 1. The Kier molecular flexibility index (Phi) is 12.5. The van der Waals surface area contributed by atoms with Crippen molar-refractivity contribution >= 4 is 37.5 Å². The van der Waals surface area contributed by atoms with Crippen molar-refractivity contribution in [3.63, 3.8) is 0 Å². The summed E-state index contributed by atoms with van der Waals surface area (Å²) >= 11 is 5.98. The second kappa shape index (κ2) is 11.8. The fourth-order valence-electron chi connectivity index (χ4n) is 0.994. The van der Waals surface area contributed by atoms with Gasteiger partial charge < -0.3 is 5.11 Å². The Morgan fingerprint density at radius 2 is 1.90 bits per heavy atom. The number of halogens is 3. The van der Waals surface area contributed by atoms with Gasteiger partial charge in [0, 0.05) is 16.6 Å². The molecule has 1 rings (SSSR count). The summed E-state index contributed by atoms with van der Waals surface area (Å²) in [7, 11) is 0. The minimum atomic E-state index is -0.765. The Hall–Kier alpha value is -1.04. The van der Waals surface area contributed by atoms with E-state index in [4.69, 9.17) is 10.4 Å². The second-order valence-corrected chi connectivity index (χ2v) is 4.48. The van der Waals surface area contributed by atoms with E-state index in [-0.39, 0.29) is 33.2 Å². The first-order chi connectivity index (χ1) is 9.40. The SMILES string of the molecule is CC.CCO.N#CCc1c(F)cc([N+](=O)[O-])c(Br)c1Br. The topological polar surface area (TPSA) is 87.2 Å². The molecule has 0 atom stereocenters. The van der Waals surface area contributed by atoms with Gasteiger partial charge in [-0.25, -0.2) is 4.39 Å². The van der Waals surface area contributed by atoms with E-state index in [9.17, 15) is 14.5 Å². The summed E-state index contributed by atoms with van der Waals surface area (Å²) in [4.78, 5) is 9.82. The molecule has 0 unspecified atom stereocenters. The first-order valence-corrected chi connectivity index (χ1v) is 7.27. The molecule has 0 heterocycles. The van der Waals surface area contributed by atoms with Crippen molar-refractivity contribution in [2.45, 2.75) is 27.2 Å². The lowest BCUT2D eigenvalue weighted by atomic mass is 10.1. The summed E-state index contributed by atoms with van der Waals surface area (Å²) in [6.45, 7) is 5.93. The molecular formula is C12H15Br2FN2O3. The first-order valence-electron chi connectivity index (χ1n) is 5.69. The van der Waals surface area contributed by atoms with Crippen molar-refractivity contribution in [1.82, 2.24) is 0 Å². The molecule has 0 radical (unpaired) electrons. The third-order valence-corrected chi connectivity index (χ3v) is 3.90. The fourth-order valence-corrected chi connectivity index (χ4v) is 2.03. The zero-order valence-electron chi connectivity index (χ0n) is 11.3. The standard InChI is InChI=1S/C8H3Br2FN2O2.C2H6O.C2H6/c9-7-4(1-2-12)5(11)3-6(8(7)10)13(14)15;1-2-3;1-2/h3H,1H2;3H,2H2,1H3;1-2H3. The molecule has 0 amide bonds. The molecule has 0 aliphatic heterocycles. The van der Waals surface area contributed by atoms with E-state index in [2.05, 4.69) is 31.9 Å². The van der Waals surface area contributed by atoms with Crippen molar-refractivity contribution in [2.75, 3.05) is 6.61 Å². The van der Waals surface area contributed by atoms with Gasteiger partial charge >= 0.3 is 0 Å². The molecule has 0 aliphatic rings. The molecule has 0 aromatic heterocycles. The number of nitro benzene ring substituents is 1. The highest BCUT2D eigenvalue weighted by Crippen LogP contribution is 2.36. The van der Waals surface area contributed by atoms with Crippen molar-refractivity contribution in [2.24, 2.45) is 0 Å². The van der Waals surface area contributed by atoms with Gasteiger partial charge in [-0.2, -0.15) is 5.26 Å². The van der Waals surface area contributed by atoms with Crippen molar-refractivity contribution < 1.29 is 14.4 Å². The van der Waals surface area contributed by atoms with Crippen LogP contribution in [0.5, 0.6) is 0 Å². The van der Waals surface area contributed by atoms with Crippen LogP contribution in [0.25, 0.3) is 0 Å². The number of nitriles is 1. The highest BCUT2D eigenvalue weighted by molar-refractivity contribution is 9.13. The van der Waals surface area contributed by atoms with Gasteiger partial charge in [-0.15, -0.1) is 0 Å². The Morgan fingerprint density at radius 3 is 2.25 bits per heavy atom. The zero-order valence-corrected chi connectivity index (χ0v) is 14.5. The van der Waals surface area contributed by atoms with E-state index in [1.165, 1.54) is 0 Å². The summed E-state index contributed by atoms with van der Waals surface area (Å²) < 4.78 is 13.7. The molecule has 0 saturated carbocycles. The van der Waals surface area contributed by atoms with E-state index in [1.807, 2.05) is 13.8 Å². The van der Waals surface area contributed by atoms with Gasteiger partial charge in [-0.3, -0.25) is 10.1 Å². The summed E-state index contributed by atoms with van der Waals surface area (Å²) in [5.74, 6) is -0.765. The van der Waals surface area contributed by atoms with Gasteiger partial charge in [0.05, 0.1) is 23.5 Å². The zero-order chi connectivity index (χ0) is 16.3. The Labute approximate surface area is 133 Å². The number of hydrogen-bond acceptors (Lipinski definition) is 4. The molecule has 1 N–H and O–H groups in total. The first kappa shape index (κ1) is 21.3. The number of benzene rings is 1. The predicted octanol–water partition coefficient (Wildman–Crippen LogP) is 4.35. The Bertz CT molecular complexity index is 491. The van der Waals surface area contributed by atoms with E-state index >= 15 is 0 Å². The number of aliphatic hydroxyl groups is 1. The van der Waals surface area contributed by atoms with E-state index in [0.717, 1.165) is 6.07 Å². The molecule has 0 fully saturated rings. The minimum Gasteiger partial charge on any atom is -0.397 e. The molecular weight excluding hydrogens is 399 g/mol. The monoisotopic (exact) mass is 412 g/mol. The largest absolute Gasteiger partial charge is 0.397 e. The van der Waals surface area contributed by atoms with Gasteiger partial charge in [0.1, 0.15) is 10.3 Å². The maximum atomic E-state index is 13.3. The lowest BCUT2D eigenvalue weighted by molar-refractivity contribution is -0.385. The molecule has 0 aliphatic carbocycles. The van der Waals surface area contributed by atoms with Crippen LogP contribution in [-0.2, 0) is 6.42 Å². The number of aliphatic hydroxyl groups excluding tert-OH is 1. The van der Waals surface area contributed by atoms with Crippen molar-refractivity contribution in [3.05, 3.63) is 36.5 Å². The molecule has 1 aromatic rings. The number of rotatable bonds is 2. The average Bonchev–Trinajstić information content (AvgIpc) is 2.42. The molecule has 0 bridgehead atoms. The van der Waals surface area contributed by atoms with Crippen LogP contribution in [0.2, 0.25) is 0 Å². The van der Waals surface area contributed by atoms with Gasteiger partial charge in [-0.05, 0) is 38.8 Å². The lowest BCUT2D eigenvalue weighted by Crippen LogP contribution is -1.97. The predicted molar refractivity (Wildman–Crippen MR) is 81.9 cm³/mol. The van der Waals surface area contributed by atoms with Crippen LogP contribution in [0.15, 0.2) is 15.0 Å². The summed E-state index contributed by atoms with van der Waals surface area (Å²) in [6.07, 6.45) is -0.150. The summed E-state index contributed by atoms with van der Waals surface area (Å²) in [6, 6.07) is 2.57. The van der Waals surface area contributed by atoms with Gasteiger partial charge in [0.15, 0.2) is 0 Å². The van der Waals surface area contributed by atoms with Crippen molar-refractivity contribution in [3.8, 4) is 6.07 Å².